The molecule has 1 atom stereocenters. The number of likely N-dealkylation sites (N-methyl/N-ethyl adjacent to an activating group) is 1. The normalized spacial score (nSPS) is 20.1. The number of anilines is 2. The first kappa shape index (κ1) is 18.5. The summed E-state index contributed by atoms with van der Waals surface area (Å²) in [5, 5.41) is 0. The molecule has 0 aromatic carbocycles. The van der Waals surface area contributed by atoms with Crippen molar-refractivity contribution in [3.8, 4) is 0 Å². The summed E-state index contributed by atoms with van der Waals surface area (Å²) in [6.45, 7) is 5.79. The second-order valence-corrected chi connectivity index (χ2v) is 6.41. The van der Waals surface area contributed by atoms with Gasteiger partial charge >= 0.3 is 6.18 Å². The van der Waals surface area contributed by atoms with E-state index in [0.717, 1.165) is 12.3 Å². The average Bonchev–Trinajstić information content (AvgIpc) is 2.62. The van der Waals surface area contributed by atoms with Crippen LogP contribution < -0.4 is 9.80 Å². The van der Waals surface area contributed by atoms with Crippen LogP contribution in [0.15, 0.2) is 24.5 Å². The van der Waals surface area contributed by atoms with E-state index in [1.165, 1.54) is 0 Å². The highest BCUT2D eigenvalue weighted by Crippen LogP contribution is 2.41. The number of piperazine rings is 1. The Balaban J connectivity index is 1.87. The van der Waals surface area contributed by atoms with Crippen LogP contribution in [-0.2, 0) is 15.7 Å². The zero-order valence-electron chi connectivity index (χ0n) is 14.7. The summed E-state index contributed by atoms with van der Waals surface area (Å²) in [6, 6.07) is 0.886. The van der Waals surface area contributed by atoms with Crippen LogP contribution in [0.4, 0.5) is 24.7 Å². The first-order valence-electron chi connectivity index (χ1n) is 8.27. The molecule has 9 heteroatoms. The highest BCUT2D eigenvalue weighted by atomic mass is 19.4. The second-order valence-electron chi connectivity index (χ2n) is 6.41. The van der Waals surface area contributed by atoms with Crippen molar-refractivity contribution in [1.29, 1.82) is 0 Å². The van der Waals surface area contributed by atoms with E-state index in [2.05, 4.69) is 11.6 Å². The molecule has 1 aromatic heterocycles. The molecule has 142 valence electrons. The van der Waals surface area contributed by atoms with E-state index in [0.29, 0.717) is 49.9 Å². The number of pyridine rings is 1. The number of carbonyl (C=O) groups excluding carboxylic acids is 1. The average molecular weight is 370 g/mol. The number of nitrogens with zero attached hydrogens (tertiary/aromatic N) is 4. The Morgan fingerprint density at radius 3 is 2.81 bits per heavy atom. The lowest BCUT2D eigenvalue weighted by atomic mass is 10.0. The molecule has 1 saturated heterocycles. The minimum absolute atomic E-state index is 0.00636. The largest absolute Gasteiger partial charge is 0.417 e. The first-order chi connectivity index (χ1) is 12.2. The minimum atomic E-state index is -4.45. The summed E-state index contributed by atoms with van der Waals surface area (Å²) in [4.78, 5) is 21.6. The maximum Gasteiger partial charge on any atom is 0.417 e. The van der Waals surface area contributed by atoms with Crippen LogP contribution in [0, 0.1) is 0 Å². The van der Waals surface area contributed by atoms with E-state index in [1.54, 1.807) is 24.0 Å². The zero-order chi connectivity index (χ0) is 19.1. The molecule has 0 aliphatic carbocycles. The summed E-state index contributed by atoms with van der Waals surface area (Å²) in [5.74, 6) is 0.481. The van der Waals surface area contributed by atoms with Gasteiger partial charge in [-0.05, 0) is 6.07 Å². The van der Waals surface area contributed by atoms with Crippen molar-refractivity contribution >= 4 is 17.4 Å². The van der Waals surface area contributed by atoms with Crippen LogP contribution in [0.3, 0.4) is 0 Å². The van der Waals surface area contributed by atoms with Gasteiger partial charge in [0.2, 0.25) is 5.91 Å². The van der Waals surface area contributed by atoms with E-state index in [9.17, 15) is 18.0 Å². The number of amides is 1. The molecule has 0 radical (unpaired) electrons. The molecule has 6 nitrogen and oxygen atoms in total. The summed E-state index contributed by atoms with van der Waals surface area (Å²) < 4.78 is 44.0. The maximum atomic E-state index is 13.0. The van der Waals surface area contributed by atoms with Gasteiger partial charge in [-0.25, -0.2) is 4.98 Å². The third-order valence-electron chi connectivity index (χ3n) is 4.88. The molecule has 3 rings (SSSR count). The van der Waals surface area contributed by atoms with Crippen LogP contribution in [0.25, 0.3) is 0 Å². The van der Waals surface area contributed by atoms with Gasteiger partial charge in [-0.1, -0.05) is 6.58 Å². The number of halogens is 3. The molecule has 2 aliphatic rings. The van der Waals surface area contributed by atoms with E-state index in [4.69, 9.17) is 4.74 Å². The fraction of sp³-hybridized carbons (Fsp3) is 0.529. The number of fused-ring (bicyclic) bond motifs is 3. The minimum Gasteiger partial charge on any atom is -0.384 e. The monoisotopic (exact) mass is 370 g/mol. The molecular weight excluding hydrogens is 349 g/mol. The molecule has 1 amide bonds. The number of ether oxygens (including phenoxy) is 1. The molecule has 0 spiro atoms. The topological polar surface area (TPSA) is 48.9 Å². The van der Waals surface area contributed by atoms with Crippen LogP contribution in [0.5, 0.6) is 0 Å². The van der Waals surface area contributed by atoms with Gasteiger partial charge in [0.15, 0.2) is 5.82 Å². The summed E-state index contributed by atoms with van der Waals surface area (Å²) in [5.41, 5.74) is 0.228. The van der Waals surface area contributed by atoms with Crippen molar-refractivity contribution in [2.24, 2.45) is 0 Å². The summed E-state index contributed by atoms with van der Waals surface area (Å²) >= 11 is 0. The van der Waals surface area contributed by atoms with Crippen LogP contribution >= 0.6 is 0 Å². The Bertz CT molecular complexity index is 722. The van der Waals surface area contributed by atoms with Gasteiger partial charge in [-0.15, -0.1) is 0 Å². The van der Waals surface area contributed by atoms with E-state index in [-0.39, 0.29) is 11.9 Å². The highest BCUT2D eigenvalue weighted by Gasteiger charge is 2.40. The Hall–Kier alpha value is -2.29. The third-order valence-corrected chi connectivity index (χ3v) is 4.88. The summed E-state index contributed by atoms with van der Waals surface area (Å²) in [6.07, 6.45) is -3.29. The van der Waals surface area contributed by atoms with Gasteiger partial charge in [0.25, 0.3) is 0 Å². The smallest absolute Gasteiger partial charge is 0.384 e. The molecular formula is C17H21F3N4O2. The highest BCUT2D eigenvalue weighted by molar-refractivity contribution is 5.79. The van der Waals surface area contributed by atoms with Crippen molar-refractivity contribution in [3.63, 3.8) is 0 Å². The second kappa shape index (κ2) is 6.79. The molecule has 1 unspecified atom stereocenters. The standard InChI is InChI=1S/C17H21F3N4O2/c1-11-14-10-23(15(25)4-7-26-3)5-6-24(14)16-13(22(11)2)8-12(9-21-16)17(18,19)20/h8-9,14H,1,4-7,10H2,2-3H3. The number of hydrogen-bond acceptors (Lipinski definition) is 5. The zero-order valence-corrected chi connectivity index (χ0v) is 14.7. The Morgan fingerprint density at radius 2 is 2.15 bits per heavy atom. The van der Waals surface area contributed by atoms with Gasteiger partial charge < -0.3 is 19.4 Å². The van der Waals surface area contributed by atoms with Crippen molar-refractivity contribution in [2.45, 2.75) is 18.6 Å². The van der Waals surface area contributed by atoms with Crippen LogP contribution in [0.2, 0.25) is 0 Å². The SMILES string of the molecule is C=C1C2CN(C(=O)CCOC)CCN2c2ncc(C(F)(F)F)cc2N1C. The third kappa shape index (κ3) is 3.23. The lowest BCUT2D eigenvalue weighted by Crippen LogP contribution is -2.59. The van der Waals surface area contributed by atoms with Gasteiger partial charge in [0.1, 0.15) is 0 Å². The van der Waals surface area contributed by atoms with E-state index in [1.807, 2.05) is 4.90 Å². The molecule has 0 N–H and O–H groups in total. The lowest BCUT2D eigenvalue weighted by Gasteiger charge is -2.49. The van der Waals surface area contributed by atoms with E-state index >= 15 is 0 Å². The van der Waals surface area contributed by atoms with Crippen LogP contribution in [0.1, 0.15) is 12.0 Å². The predicted octanol–water partition coefficient (Wildman–Crippen LogP) is 2.12. The number of hydrogen-bond donors (Lipinski definition) is 0. The van der Waals surface area contributed by atoms with Gasteiger partial charge in [-0.2, -0.15) is 13.2 Å². The molecule has 3 heterocycles. The quantitative estimate of drug-likeness (QED) is 0.816. The Kier molecular flexibility index (Phi) is 4.83. The van der Waals surface area contributed by atoms with Gasteiger partial charge in [0.05, 0.1) is 30.3 Å². The molecule has 1 fully saturated rings. The number of methoxy groups -OCH3 is 1. The number of alkyl halides is 3. The molecule has 26 heavy (non-hydrogen) atoms. The maximum absolute atomic E-state index is 13.0. The fourth-order valence-corrected chi connectivity index (χ4v) is 3.34. The Morgan fingerprint density at radius 1 is 1.42 bits per heavy atom. The summed E-state index contributed by atoms with van der Waals surface area (Å²) in [7, 11) is 3.22. The number of rotatable bonds is 3. The molecule has 2 aliphatic heterocycles. The van der Waals surface area contributed by atoms with E-state index < -0.39 is 11.7 Å². The van der Waals surface area contributed by atoms with Gasteiger partial charge in [0, 0.05) is 45.7 Å². The predicted molar refractivity (Wildman–Crippen MR) is 91.0 cm³/mol. The van der Waals surface area contributed by atoms with Gasteiger partial charge in [-0.3, -0.25) is 4.79 Å². The fourth-order valence-electron chi connectivity index (χ4n) is 3.34. The molecule has 1 aromatic rings. The number of aromatic nitrogens is 1. The molecule has 0 bridgehead atoms. The first-order valence-corrected chi connectivity index (χ1v) is 8.27. The van der Waals surface area contributed by atoms with Crippen molar-refractivity contribution in [3.05, 3.63) is 30.1 Å². The van der Waals surface area contributed by atoms with Crippen molar-refractivity contribution in [1.82, 2.24) is 9.88 Å². The van der Waals surface area contributed by atoms with Crippen molar-refractivity contribution < 1.29 is 22.7 Å². The molecule has 0 saturated carbocycles. The van der Waals surface area contributed by atoms with Crippen molar-refractivity contribution in [2.75, 3.05) is 50.2 Å². The lowest BCUT2D eigenvalue weighted by molar-refractivity contribution is -0.138. The number of carbonyl (C=O) groups is 1. The van der Waals surface area contributed by atoms with Crippen LogP contribution in [-0.4, -0.2) is 62.2 Å². The Labute approximate surface area is 149 Å².